The smallest absolute Gasteiger partial charge is 0.244 e. The quantitative estimate of drug-likeness (QED) is 0.883. The molecule has 25 heavy (non-hydrogen) atoms. The highest BCUT2D eigenvalue weighted by Gasteiger charge is 2.36. The Kier molecular flexibility index (Phi) is 6.43. The predicted octanol–water partition coefficient (Wildman–Crippen LogP) is 2.27. The Morgan fingerprint density at radius 3 is 2.80 bits per heavy atom. The maximum absolute atomic E-state index is 12.8. The Morgan fingerprint density at radius 1 is 1.36 bits per heavy atom. The van der Waals surface area contributed by atoms with Crippen LogP contribution in [-0.4, -0.2) is 54.3 Å². The van der Waals surface area contributed by atoms with Crippen molar-refractivity contribution in [2.24, 2.45) is 5.73 Å². The summed E-state index contributed by atoms with van der Waals surface area (Å²) in [6, 6.07) is 7.17. The topological polar surface area (TPSA) is 66.6 Å². The molecule has 1 aromatic heterocycles. The molecule has 1 aromatic carbocycles. The van der Waals surface area contributed by atoms with Crippen molar-refractivity contribution in [3.8, 4) is 0 Å². The summed E-state index contributed by atoms with van der Waals surface area (Å²) < 4.78 is 1.20. The standard InChI is InChI=1S/C18H23N3O2S.ClH/c1-20(2)18(23)15-7-5-9-21(15)17(22)14(19)10-12-11-24-16-8-4-3-6-13(12)16;/h3-4,6,8,11,14-15H,5,7,9-10,19H2,1-2H3;1H/t14-,15-;/m0./s1. The molecule has 2 amide bonds. The van der Waals surface area contributed by atoms with Gasteiger partial charge in [0.1, 0.15) is 6.04 Å². The van der Waals surface area contributed by atoms with E-state index in [1.54, 1.807) is 35.2 Å². The number of halogens is 1. The van der Waals surface area contributed by atoms with Crippen LogP contribution in [0.25, 0.3) is 10.1 Å². The second kappa shape index (κ2) is 8.17. The molecule has 0 unspecified atom stereocenters. The molecule has 7 heteroatoms. The van der Waals surface area contributed by atoms with Gasteiger partial charge in [0.25, 0.3) is 0 Å². The molecule has 0 spiro atoms. The molecule has 2 heterocycles. The van der Waals surface area contributed by atoms with Crippen molar-refractivity contribution < 1.29 is 9.59 Å². The lowest BCUT2D eigenvalue weighted by Gasteiger charge is -2.28. The molecule has 0 aliphatic carbocycles. The summed E-state index contributed by atoms with van der Waals surface area (Å²) in [5, 5.41) is 3.23. The van der Waals surface area contributed by atoms with Crippen LogP contribution >= 0.6 is 23.7 Å². The van der Waals surface area contributed by atoms with Crippen LogP contribution in [-0.2, 0) is 16.0 Å². The van der Waals surface area contributed by atoms with E-state index < -0.39 is 6.04 Å². The Labute approximate surface area is 158 Å². The molecule has 1 fully saturated rings. The summed E-state index contributed by atoms with van der Waals surface area (Å²) in [5.41, 5.74) is 7.31. The maximum atomic E-state index is 12.8. The zero-order chi connectivity index (χ0) is 17.3. The van der Waals surface area contributed by atoms with E-state index in [4.69, 9.17) is 5.73 Å². The van der Waals surface area contributed by atoms with Gasteiger partial charge in [-0.05, 0) is 41.7 Å². The van der Waals surface area contributed by atoms with Gasteiger partial charge in [0, 0.05) is 25.3 Å². The van der Waals surface area contributed by atoms with Crippen LogP contribution in [0.2, 0.25) is 0 Å². The molecule has 2 aromatic rings. The van der Waals surface area contributed by atoms with Gasteiger partial charge in [-0.3, -0.25) is 9.59 Å². The van der Waals surface area contributed by atoms with Gasteiger partial charge in [0.2, 0.25) is 11.8 Å². The van der Waals surface area contributed by atoms with Crippen LogP contribution in [0.5, 0.6) is 0 Å². The second-order valence-corrected chi connectivity index (χ2v) is 7.40. The minimum absolute atomic E-state index is 0. The van der Waals surface area contributed by atoms with Crippen molar-refractivity contribution in [3.05, 3.63) is 35.2 Å². The molecular formula is C18H24ClN3O2S. The minimum atomic E-state index is -0.612. The van der Waals surface area contributed by atoms with Crippen LogP contribution in [0.3, 0.4) is 0 Å². The van der Waals surface area contributed by atoms with Crippen molar-refractivity contribution in [3.63, 3.8) is 0 Å². The molecule has 0 saturated carbocycles. The van der Waals surface area contributed by atoms with Crippen molar-refractivity contribution in [1.29, 1.82) is 0 Å². The van der Waals surface area contributed by atoms with Crippen molar-refractivity contribution >= 4 is 45.6 Å². The third-order valence-corrected chi connectivity index (χ3v) is 5.59. The first-order chi connectivity index (χ1) is 11.5. The Balaban J connectivity index is 0.00000225. The molecule has 5 nitrogen and oxygen atoms in total. The number of carbonyl (C=O) groups is 2. The fourth-order valence-corrected chi connectivity index (χ4v) is 4.29. The number of rotatable bonds is 4. The second-order valence-electron chi connectivity index (χ2n) is 6.49. The van der Waals surface area contributed by atoms with Gasteiger partial charge < -0.3 is 15.5 Å². The van der Waals surface area contributed by atoms with Gasteiger partial charge in [0.15, 0.2) is 0 Å². The number of likely N-dealkylation sites (tertiary alicyclic amines) is 1. The van der Waals surface area contributed by atoms with Crippen molar-refractivity contribution in [2.45, 2.75) is 31.3 Å². The summed E-state index contributed by atoms with van der Waals surface area (Å²) in [4.78, 5) is 28.3. The molecule has 2 atom stereocenters. The Hall–Kier alpha value is -1.63. The molecule has 3 rings (SSSR count). The number of benzene rings is 1. The number of nitrogens with two attached hydrogens (primary N) is 1. The lowest BCUT2D eigenvalue weighted by Crippen LogP contribution is -2.51. The van der Waals surface area contributed by atoms with Crippen LogP contribution in [0.15, 0.2) is 29.6 Å². The highest BCUT2D eigenvalue weighted by atomic mass is 35.5. The third-order valence-electron chi connectivity index (χ3n) is 4.58. The average Bonchev–Trinajstić information content (AvgIpc) is 3.20. The summed E-state index contributed by atoms with van der Waals surface area (Å²) in [5.74, 6) is -0.142. The molecule has 0 bridgehead atoms. The van der Waals surface area contributed by atoms with Crippen molar-refractivity contribution in [1.82, 2.24) is 9.80 Å². The molecule has 1 aliphatic heterocycles. The number of thiophene rings is 1. The van der Waals surface area contributed by atoms with E-state index in [-0.39, 0.29) is 30.3 Å². The monoisotopic (exact) mass is 381 g/mol. The van der Waals surface area contributed by atoms with E-state index in [1.165, 1.54) is 4.70 Å². The number of likely N-dealkylation sites (N-methyl/N-ethyl adjacent to an activating group) is 1. The Morgan fingerprint density at radius 2 is 2.08 bits per heavy atom. The first-order valence-electron chi connectivity index (χ1n) is 8.21. The molecular weight excluding hydrogens is 358 g/mol. The number of carbonyl (C=O) groups excluding carboxylic acids is 2. The average molecular weight is 382 g/mol. The molecule has 0 radical (unpaired) electrons. The SMILES string of the molecule is CN(C)C(=O)[C@@H]1CCCN1C(=O)[C@@H](N)Cc1csc2ccccc12.Cl. The molecule has 2 N–H and O–H groups in total. The predicted molar refractivity (Wildman–Crippen MR) is 104 cm³/mol. The molecule has 1 saturated heterocycles. The third kappa shape index (κ3) is 3.97. The number of fused-ring (bicyclic) bond motifs is 1. The van der Waals surface area contributed by atoms with Gasteiger partial charge in [-0.15, -0.1) is 23.7 Å². The number of amides is 2. The van der Waals surface area contributed by atoms with Crippen LogP contribution in [0.1, 0.15) is 18.4 Å². The summed E-state index contributed by atoms with van der Waals surface area (Å²) in [6.45, 7) is 0.612. The van der Waals surface area contributed by atoms with Crippen LogP contribution in [0, 0.1) is 0 Å². The molecule has 136 valence electrons. The van der Waals surface area contributed by atoms with Gasteiger partial charge in [-0.2, -0.15) is 0 Å². The van der Waals surface area contributed by atoms with E-state index in [2.05, 4.69) is 17.5 Å². The van der Waals surface area contributed by atoms with E-state index in [0.29, 0.717) is 13.0 Å². The fourth-order valence-electron chi connectivity index (χ4n) is 3.31. The van der Waals surface area contributed by atoms with E-state index in [0.717, 1.165) is 23.8 Å². The lowest BCUT2D eigenvalue weighted by molar-refractivity contribution is -0.143. The van der Waals surface area contributed by atoms with Gasteiger partial charge in [-0.25, -0.2) is 0 Å². The zero-order valence-corrected chi connectivity index (χ0v) is 16.1. The zero-order valence-electron chi connectivity index (χ0n) is 14.5. The van der Waals surface area contributed by atoms with Crippen LogP contribution < -0.4 is 5.73 Å². The van der Waals surface area contributed by atoms with E-state index >= 15 is 0 Å². The van der Waals surface area contributed by atoms with Gasteiger partial charge in [0.05, 0.1) is 6.04 Å². The Bertz CT molecular complexity index is 762. The normalized spacial score (nSPS) is 18.0. The summed E-state index contributed by atoms with van der Waals surface area (Å²) in [7, 11) is 3.45. The van der Waals surface area contributed by atoms with Gasteiger partial charge in [-0.1, -0.05) is 18.2 Å². The van der Waals surface area contributed by atoms with E-state index in [1.807, 2.05) is 12.1 Å². The largest absolute Gasteiger partial charge is 0.347 e. The highest BCUT2D eigenvalue weighted by Crippen LogP contribution is 2.27. The maximum Gasteiger partial charge on any atom is 0.244 e. The number of nitrogens with zero attached hydrogens (tertiary/aromatic N) is 2. The highest BCUT2D eigenvalue weighted by molar-refractivity contribution is 7.17. The van der Waals surface area contributed by atoms with Gasteiger partial charge >= 0.3 is 0 Å². The van der Waals surface area contributed by atoms with Crippen LogP contribution in [0.4, 0.5) is 0 Å². The fraction of sp³-hybridized carbons (Fsp3) is 0.444. The lowest BCUT2D eigenvalue weighted by atomic mass is 10.0. The summed E-state index contributed by atoms with van der Waals surface area (Å²) >= 11 is 1.67. The minimum Gasteiger partial charge on any atom is -0.347 e. The molecule has 1 aliphatic rings. The summed E-state index contributed by atoms with van der Waals surface area (Å²) in [6.07, 6.45) is 2.07. The van der Waals surface area contributed by atoms with E-state index in [9.17, 15) is 9.59 Å². The first-order valence-corrected chi connectivity index (χ1v) is 9.09. The number of hydrogen-bond acceptors (Lipinski definition) is 4. The van der Waals surface area contributed by atoms with Crippen molar-refractivity contribution in [2.75, 3.05) is 20.6 Å². The number of hydrogen-bond donors (Lipinski definition) is 1. The first kappa shape index (κ1) is 19.7.